The Balaban J connectivity index is 1.50. The molecule has 3 heterocycles. The minimum Gasteiger partial charge on any atom is -0.303 e. The molecule has 0 spiro atoms. The lowest BCUT2D eigenvalue weighted by molar-refractivity contribution is 0.0780. The number of nitrogens with zero attached hydrogens (tertiary/aromatic N) is 2. The van der Waals surface area contributed by atoms with Crippen molar-refractivity contribution in [2.45, 2.75) is 64.5 Å². The molecule has 3 rings (SSSR count). The van der Waals surface area contributed by atoms with E-state index in [2.05, 4.69) is 23.6 Å². The number of rotatable bonds is 3. The van der Waals surface area contributed by atoms with E-state index in [0.717, 1.165) is 23.9 Å². The van der Waals surface area contributed by atoms with E-state index < -0.39 is 0 Å². The summed E-state index contributed by atoms with van der Waals surface area (Å²) in [6.07, 6.45) is 8.78. The topological polar surface area (TPSA) is 6.48 Å². The van der Waals surface area contributed by atoms with E-state index in [4.69, 9.17) is 0 Å². The Kier molecular flexibility index (Phi) is 3.95. The van der Waals surface area contributed by atoms with Crippen molar-refractivity contribution in [3.05, 3.63) is 0 Å². The van der Waals surface area contributed by atoms with Crippen LogP contribution in [0.15, 0.2) is 0 Å². The van der Waals surface area contributed by atoms with Crippen molar-refractivity contribution < 1.29 is 0 Å². The molecule has 0 aromatic rings. The second-order valence-electron chi connectivity index (χ2n) is 7.04. The standard InChI is InChI=1S/C16H30N2/c1-3-18-15-4-5-16(18)11-14(10-15)12-17-8-6-13(2)7-9-17/h13-16H,3-12H2,1-2H3. The first-order chi connectivity index (χ1) is 8.76. The fourth-order valence-electron chi connectivity index (χ4n) is 4.66. The summed E-state index contributed by atoms with van der Waals surface area (Å²) in [6.45, 7) is 10.2. The monoisotopic (exact) mass is 250 g/mol. The Morgan fingerprint density at radius 2 is 1.56 bits per heavy atom. The summed E-state index contributed by atoms with van der Waals surface area (Å²) in [5, 5.41) is 0. The lowest BCUT2D eigenvalue weighted by atomic mass is 9.89. The van der Waals surface area contributed by atoms with Crippen LogP contribution < -0.4 is 0 Å². The third kappa shape index (κ3) is 2.60. The molecule has 2 heteroatoms. The Morgan fingerprint density at radius 3 is 2.11 bits per heavy atom. The summed E-state index contributed by atoms with van der Waals surface area (Å²) in [4.78, 5) is 5.54. The maximum Gasteiger partial charge on any atom is 0.0102 e. The van der Waals surface area contributed by atoms with Crippen LogP contribution in [0.2, 0.25) is 0 Å². The van der Waals surface area contributed by atoms with Crippen LogP contribution in [0.25, 0.3) is 0 Å². The van der Waals surface area contributed by atoms with E-state index in [1.54, 1.807) is 0 Å². The zero-order chi connectivity index (χ0) is 12.5. The summed E-state index contributed by atoms with van der Waals surface area (Å²) in [6, 6.07) is 1.87. The van der Waals surface area contributed by atoms with Gasteiger partial charge in [0.15, 0.2) is 0 Å². The molecule has 3 fully saturated rings. The zero-order valence-electron chi connectivity index (χ0n) is 12.3. The number of hydrogen-bond acceptors (Lipinski definition) is 2. The predicted octanol–water partition coefficient (Wildman–Crippen LogP) is 2.98. The van der Waals surface area contributed by atoms with Gasteiger partial charge in [-0.15, -0.1) is 0 Å². The summed E-state index contributed by atoms with van der Waals surface area (Å²) < 4.78 is 0. The minimum absolute atomic E-state index is 0.933. The summed E-state index contributed by atoms with van der Waals surface area (Å²) >= 11 is 0. The van der Waals surface area contributed by atoms with Gasteiger partial charge in [0, 0.05) is 18.6 Å². The maximum absolute atomic E-state index is 2.79. The molecule has 0 N–H and O–H groups in total. The first-order valence-corrected chi connectivity index (χ1v) is 8.24. The van der Waals surface area contributed by atoms with E-state index in [1.807, 2.05) is 0 Å². The first kappa shape index (κ1) is 12.9. The molecule has 18 heavy (non-hydrogen) atoms. The molecule has 3 saturated heterocycles. The van der Waals surface area contributed by atoms with E-state index >= 15 is 0 Å². The van der Waals surface area contributed by atoms with Gasteiger partial charge in [-0.2, -0.15) is 0 Å². The number of piperidine rings is 2. The van der Waals surface area contributed by atoms with Crippen molar-refractivity contribution in [3.63, 3.8) is 0 Å². The zero-order valence-corrected chi connectivity index (χ0v) is 12.3. The molecular weight excluding hydrogens is 220 g/mol. The average molecular weight is 250 g/mol. The molecule has 2 unspecified atom stereocenters. The summed E-state index contributed by atoms with van der Waals surface area (Å²) in [5.74, 6) is 1.97. The maximum atomic E-state index is 2.79. The van der Waals surface area contributed by atoms with Gasteiger partial charge in [0.05, 0.1) is 0 Å². The molecule has 0 saturated carbocycles. The molecule has 2 bridgehead atoms. The minimum atomic E-state index is 0.933. The second-order valence-corrected chi connectivity index (χ2v) is 7.04. The number of fused-ring (bicyclic) bond motifs is 2. The third-order valence-corrected chi connectivity index (χ3v) is 5.74. The van der Waals surface area contributed by atoms with Gasteiger partial charge in [0.25, 0.3) is 0 Å². The van der Waals surface area contributed by atoms with Crippen LogP contribution in [0.1, 0.15) is 52.4 Å². The number of hydrogen-bond donors (Lipinski definition) is 0. The fraction of sp³-hybridized carbons (Fsp3) is 1.00. The SMILES string of the molecule is CCN1C2CCC1CC(CN1CCC(C)CC1)C2. The van der Waals surface area contributed by atoms with E-state index in [1.165, 1.54) is 64.7 Å². The fourth-order valence-corrected chi connectivity index (χ4v) is 4.66. The molecule has 0 aromatic carbocycles. The predicted molar refractivity (Wildman–Crippen MR) is 76.8 cm³/mol. The van der Waals surface area contributed by atoms with Gasteiger partial charge in [-0.3, -0.25) is 4.90 Å². The van der Waals surface area contributed by atoms with Crippen LogP contribution in [0, 0.1) is 11.8 Å². The quantitative estimate of drug-likeness (QED) is 0.760. The largest absolute Gasteiger partial charge is 0.303 e. The Labute approximate surface area is 113 Å². The number of likely N-dealkylation sites (tertiary alicyclic amines) is 1. The summed E-state index contributed by atoms with van der Waals surface area (Å²) in [7, 11) is 0. The van der Waals surface area contributed by atoms with Crippen LogP contribution >= 0.6 is 0 Å². The molecule has 0 amide bonds. The van der Waals surface area contributed by atoms with Gasteiger partial charge in [0.2, 0.25) is 0 Å². The van der Waals surface area contributed by atoms with Gasteiger partial charge >= 0.3 is 0 Å². The second kappa shape index (κ2) is 5.50. The average Bonchev–Trinajstić information content (AvgIpc) is 2.62. The molecule has 104 valence electrons. The molecule has 3 aliphatic rings. The Hall–Kier alpha value is -0.0800. The molecule has 0 aromatic heterocycles. The van der Waals surface area contributed by atoms with Crippen LogP contribution in [-0.4, -0.2) is 48.1 Å². The van der Waals surface area contributed by atoms with Crippen LogP contribution in [0.4, 0.5) is 0 Å². The van der Waals surface area contributed by atoms with Gasteiger partial charge in [-0.25, -0.2) is 0 Å². The van der Waals surface area contributed by atoms with Crippen molar-refractivity contribution in [2.24, 2.45) is 11.8 Å². The molecule has 3 aliphatic heterocycles. The van der Waals surface area contributed by atoms with E-state index in [-0.39, 0.29) is 0 Å². The van der Waals surface area contributed by atoms with E-state index in [0.29, 0.717) is 0 Å². The van der Waals surface area contributed by atoms with Crippen molar-refractivity contribution in [2.75, 3.05) is 26.2 Å². The normalized spacial score (nSPS) is 39.3. The van der Waals surface area contributed by atoms with Crippen molar-refractivity contribution in [1.82, 2.24) is 9.80 Å². The lowest BCUT2D eigenvalue weighted by Crippen LogP contribution is -2.46. The smallest absolute Gasteiger partial charge is 0.0102 e. The highest BCUT2D eigenvalue weighted by molar-refractivity contribution is 4.95. The van der Waals surface area contributed by atoms with Gasteiger partial charge in [0.1, 0.15) is 0 Å². The lowest BCUT2D eigenvalue weighted by Gasteiger charge is -2.41. The molecule has 2 atom stereocenters. The molecule has 2 nitrogen and oxygen atoms in total. The van der Waals surface area contributed by atoms with Crippen molar-refractivity contribution in [1.29, 1.82) is 0 Å². The molecule has 0 aliphatic carbocycles. The van der Waals surface area contributed by atoms with Crippen molar-refractivity contribution in [3.8, 4) is 0 Å². The van der Waals surface area contributed by atoms with Gasteiger partial charge in [-0.1, -0.05) is 13.8 Å². The van der Waals surface area contributed by atoms with Crippen LogP contribution in [-0.2, 0) is 0 Å². The molecular formula is C16H30N2. The van der Waals surface area contributed by atoms with E-state index in [9.17, 15) is 0 Å². The highest BCUT2D eigenvalue weighted by Gasteiger charge is 2.40. The third-order valence-electron chi connectivity index (χ3n) is 5.74. The van der Waals surface area contributed by atoms with Crippen LogP contribution in [0.3, 0.4) is 0 Å². The molecule has 0 radical (unpaired) electrons. The van der Waals surface area contributed by atoms with Gasteiger partial charge < -0.3 is 4.90 Å². The first-order valence-electron chi connectivity index (χ1n) is 8.24. The van der Waals surface area contributed by atoms with Crippen molar-refractivity contribution >= 4 is 0 Å². The highest BCUT2D eigenvalue weighted by Crippen LogP contribution is 2.38. The van der Waals surface area contributed by atoms with Gasteiger partial charge in [-0.05, 0) is 70.0 Å². The highest BCUT2D eigenvalue weighted by atomic mass is 15.2. The Bertz CT molecular complexity index is 256. The van der Waals surface area contributed by atoms with Crippen LogP contribution in [0.5, 0.6) is 0 Å². The summed E-state index contributed by atoms with van der Waals surface area (Å²) in [5.41, 5.74) is 0. The Morgan fingerprint density at radius 1 is 0.944 bits per heavy atom.